The van der Waals surface area contributed by atoms with Crippen molar-refractivity contribution in [1.29, 1.82) is 0 Å². The minimum atomic E-state index is -0.569. The molecule has 0 saturated carbocycles. The summed E-state index contributed by atoms with van der Waals surface area (Å²) < 4.78 is 5.55. The zero-order valence-electron chi connectivity index (χ0n) is 20.1. The third-order valence-corrected chi connectivity index (χ3v) is 7.51. The molecule has 0 spiro atoms. The van der Waals surface area contributed by atoms with Crippen molar-refractivity contribution in [2.75, 3.05) is 16.3 Å². The van der Waals surface area contributed by atoms with E-state index in [4.69, 9.17) is 4.74 Å². The molecule has 180 valence electrons. The van der Waals surface area contributed by atoms with Gasteiger partial charge in [0.2, 0.25) is 17.7 Å². The highest BCUT2D eigenvalue weighted by molar-refractivity contribution is 6.22. The van der Waals surface area contributed by atoms with Crippen molar-refractivity contribution >= 4 is 35.1 Å². The molecule has 5 rings (SSSR count). The summed E-state index contributed by atoms with van der Waals surface area (Å²) in [5.74, 6) is -1.83. The van der Waals surface area contributed by atoms with Gasteiger partial charge in [0.1, 0.15) is 5.75 Å². The number of allylic oxidation sites excluding steroid dienone is 2. The first-order valence-electron chi connectivity index (χ1n) is 12.0. The van der Waals surface area contributed by atoms with Crippen LogP contribution in [-0.4, -0.2) is 30.2 Å². The van der Waals surface area contributed by atoms with Crippen LogP contribution in [0.2, 0.25) is 0 Å². The van der Waals surface area contributed by atoms with E-state index in [2.05, 4.69) is 0 Å². The Balaban J connectivity index is 1.26. The van der Waals surface area contributed by atoms with E-state index in [1.807, 2.05) is 51.1 Å². The Labute approximate surface area is 204 Å². The van der Waals surface area contributed by atoms with Crippen LogP contribution in [0.4, 0.5) is 11.4 Å². The summed E-state index contributed by atoms with van der Waals surface area (Å²) in [5.41, 5.74) is 3.39. The average molecular weight is 473 g/mol. The van der Waals surface area contributed by atoms with Crippen LogP contribution in [-0.2, 0) is 19.2 Å². The zero-order valence-corrected chi connectivity index (χ0v) is 20.1. The van der Waals surface area contributed by atoms with Crippen molar-refractivity contribution in [2.45, 2.75) is 33.6 Å². The number of imide groups is 1. The van der Waals surface area contributed by atoms with Crippen molar-refractivity contribution < 1.29 is 23.9 Å². The highest BCUT2D eigenvalue weighted by atomic mass is 16.5. The molecule has 3 amide bonds. The maximum Gasteiger partial charge on any atom is 0.316 e. The topological polar surface area (TPSA) is 84.0 Å². The number of carbonyl (C=O) groups is 4. The summed E-state index contributed by atoms with van der Waals surface area (Å²) in [4.78, 5) is 54.2. The van der Waals surface area contributed by atoms with Crippen LogP contribution in [0.5, 0.6) is 5.75 Å². The van der Waals surface area contributed by atoms with Crippen molar-refractivity contribution in [1.82, 2.24) is 0 Å². The molecule has 2 aromatic rings. The predicted octanol–water partition coefficient (Wildman–Crippen LogP) is 3.96. The van der Waals surface area contributed by atoms with Crippen molar-refractivity contribution in [2.24, 2.45) is 23.7 Å². The first-order valence-corrected chi connectivity index (χ1v) is 12.0. The van der Waals surface area contributed by atoms with E-state index in [1.165, 1.54) is 4.90 Å². The molecule has 3 aliphatic rings. The second-order valence-electron chi connectivity index (χ2n) is 9.71. The van der Waals surface area contributed by atoms with E-state index >= 15 is 0 Å². The van der Waals surface area contributed by atoms with Gasteiger partial charge in [0, 0.05) is 18.7 Å². The third kappa shape index (κ3) is 3.95. The number of fused-ring (bicyclic) bond motifs is 1. The van der Waals surface area contributed by atoms with Crippen molar-refractivity contribution in [3.8, 4) is 5.75 Å². The van der Waals surface area contributed by atoms with Gasteiger partial charge in [0.05, 0.1) is 23.4 Å². The fourth-order valence-corrected chi connectivity index (χ4v) is 5.39. The molecule has 2 aliphatic heterocycles. The predicted molar refractivity (Wildman–Crippen MR) is 131 cm³/mol. The van der Waals surface area contributed by atoms with Gasteiger partial charge >= 0.3 is 5.97 Å². The number of hydrogen-bond donors (Lipinski definition) is 0. The van der Waals surface area contributed by atoms with E-state index in [1.54, 1.807) is 29.2 Å². The lowest BCUT2D eigenvalue weighted by Gasteiger charge is -2.22. The fraction of sp³-hybridized carbons (Fsp3) is 0.357. The number of anilines is 2. The number of rotatable bonds is 4. The van der Waals surface area contributed by atoms with Gasteiger partial charge in [-0.3, -0.25) is 24.1 Å². The van der Waals surface area contributed by atoms with Gasteiger partial charge in [0.15, 0.2) is 0 Å². The summed E-state index contributed by atoms with van der Waals surface area (Å²) in [7, 11) is 0. The molecule has 0 N–H and O–H groups in total. The highest BCUT2D eigenvalue weighted by Crippen LogP contribution is 2.40. The molecule has 2 saturated heterocycles. The molecule has 2 heterocycles. The van der Waals surface area contributed by atoms with Gasteiger partial charge in [-0.1, -0.05) is 31.2 Å². The first kappa shape index (κ1) is 23.0. The number of ether oxygens (including phenoxy) is 1. The van der Waals surface area contributed by atoms with Crippen LogP contribution in [0.1, 0.15) is 30.9 Å². The van der Waals surface area contributed by atoms with Gasteiger partial charge in [-0.15, -0.1) is 0 Å². The fourth-order valence-electron chi connectivity index (χ4n) is 5.39. The lowest BCUT2D eigenvalue weighted by Crippen LogP contribution is -2.31. The van der Waals surface area contributed by atoms with E-state index in [0.717, 1.165) is 16.8 Å². The van der Waals surface area contributed by atoms with Crippen LogP contribution in [0.3, 0.4) is 0 Å². The monoisotopic (exact) mass is 472 g/mol. The molecule has 0 aromatic heterocycles. The molecule has 0 radical (unpaired) electrons. The number of benzene rings is 2. The average Bonchev–Trinajstić information content (AvgIpc) is 3.34. The Bertz CT molecular complexity index is 1250. The number of nitrogens with zero attached hydrogens (tertiary/aromatic N) is 2. The lowest BCUT2D eigenvalue weighted by atomic mass is 9.78. The maximum absolute atomic E-state index is 13.0. The van der Waals surface area contributed by atoms with Crippen LogP contribution in [0.15, 0.2) is 54.6 Å². The normalized spacial score (nSPS) is 25.9. The number of hydrogen-bond acceptors (Lipinski definition) is 5. The van der Waals surface area contributed by atoms with Gasteiger partial charge in [-0.2, -0.15) is 0 Å². The molecule has 0 unspecified atom stereocenters. The first-order chi connectivity index (χ1) is 16.8. The summed E-state index contributed by atoms with van der Waals surface area (Å²) in [6.45, 7) is 6.18. The van der Waals surface area contributed by atoms with Crippen LogP contribution in [0, 0.1) is 37.5 Å². The smallest absolute Gasteiger partial charge is 0.316 e. The molecular formula is C28H28N2O5. The number of aryl methyl sites for hydroxylation is 1. The van der Waals surface area contributed by atoms with E-state index in [-0.39, 0.29) is 48.4 Å². The molecule has 2 fully saturated rings. The third-order valence-electron chi connectivity index (χ3n) is 7.51. The largest absolute Gasteiger partial charge is 0.426 e. The maximum atomic E-state index is 13.0. The summed E-state index contributed by atoms with van der Waals surface area (Å²) in [6.07, 6.45) is 4.63. The summed E-state index contributed by atoms with van der Waals surface area (Å²) in [5, 5.41) is 0. The standard InChI is InChI=1S/C28H28N2O5/c1-16-6-5-9-23(18(16)3)29-15-19(14-24(29)31)28(34)35-21-12-10-20(11-13-21)30-26(32)22-8-4-7-17(2)25(22)27(30)33/h4-7,9-13,17,19,22,25H,8,14-15H2,1-3H3/t17-,19-,22-,25-/m1/s1. The van der Waals surface area contributed by atoms with Gasteiger partial charge in [0.25, 0.3) is 0 Å². The Morgan fingerprint density at radius 1 is 1.00 bits per heavy atom. The Kier molecular flexibility index (Phi) is 5.79. The molecule has 35 heavy (non-hydrogen) atoms. The minimum absolute atomic E-state index is 0.0210. The quantitative estimate of drug-likeness (QED) is 0.291. The molecule has 1 aliphatic carbocycles. The molecule has 0 bridgehead atoms. The van der Waals surface area contributed by atoms with E-state index in [9.17, 15) is 19.2 Å². The van der Waals surface area contributed by atoms with Crippen LogP contribution in [0.25, 0.3) is 0 Å². The Morgan fingerprint density at radius 3 is 2.46 bits per heavy atom. The Morgan fingerprint density at radius 2 is 1.74 bits per heavy atom. The van der Waals surface area contributed by atoms with Crippen LogP contribution < -0.4 is 14.5 Å². The molecule has 7 heteroatoms. The number of amides is 3. The lowest BCUT2D eigenvalue weighted by molar-refractivity contribution is -0.139. The SMILES string of the molecule is Cc1cccc(N2C[C@H](C(=O)Oc3ccc(N4C(=O)[C@@H]5[C@H](C)C=CC[C@H]5C4=O)cc3)CC2=O)c1C. The molecule has 7 nitrogen and oxygen atoms in total. The molecular weight excluding hydrogens is 444 g/mol. The van der Waals surface area contributed by atoms with Gasteiger partial charge < -0.3 is 9.64 Å². The second kappa shape index (κ2) is 8.80. The van der Waals surface area contributed by atoms with Crippen LogP contribution >= 0.6 is 0 Å². The number of esters is 1. The molecule has 2 aromatic carbocycles. The van der Waals surface area contributed by atoms with Gasteiger partial charge in [-0.05, 0) is 67.6 Å². The highest BCUT2D eigenvalue weighted by Gasteiger charge is 2.50. The molecule has 4 atom stereocenters. The number of carbonyl (C=O) groups excluding carboxylic acids is 4. The summed E-state index contributed by atoms with van der Waals surface area (Å²) >= 11 is 0. The van der Waals surface area contributed by atoms with Crippen molar-refractivity contribution in [3.05, 3.63) is 65.7 Å². The van der Waals surface area contributed by atoms with Gasteiger partial charge in [-0.25, -0.2) is 0 Å². The summed E-state index contributed by atoms with van der Waals surface area (Å²) in [6, 6.07) is 12.2. The second-order valence-corrected chi connectivity index (χ2v) is 9.71. The van der Waals surface area contributed by atoms with E-state index in [0.29, 0.717) is 17.9 Å². The van der Waals surface area contributed by atoms with Crippen molar-refractivity contribution in [3.63, 3.8) is 0 Å². The Hall–Kier alpha value is -3.74. The zero-order chi connectivity index (χ0) is 24.9. The minimum Gasteiger partial charge on any atom is -0.426 e. The van der Waals surface area contributed by atoms with E-state index < -0.39 is 11.9 Å².